The van der Waals surface area contributed by atoms with E-state index in [4.69, 9.17) is 16.3 Å². The van der Waals surface area contributed by atoms with Crippen molar-refractivity contribution in [1.29, 1.82) is 0 Å². The molecule has 0 spiro atoms. The molecule has 0 unspecified atom stereocenters. The lowest BCUT2D eigenvalue weighted by atomic mass is 10.1. The van der Waals surface area contributed by atoms with Crippen molar-refractivity contribution in [2.45, 2.75) is 20.0 Å². The summed E-state index contributed by atoms with van der Waals surface area (Å²) >= 11 is 5.88. The third-order valence-electron chi connectivity index (χ3n) is 5.27. The topological polar surface area (TPSA) is 87.3 Å². The first-order valence-electron chi connectivity index (χ1n) is 9.86. The van der Waals surface area contributed by atoms with Gasteiger partial charge in [0, 0.05) is 43.1 Å². The van der Waals surface area contributed by atoms with Crippen LogP contribution in [0.3, 0.4) is 0 Å². The quantitative estimate of drug-likeness (QED) is 0.655. The molecule has 30 heavy (non-hydrogen) atoms. The van der Waals surface area contributed by atoms with Gasteiger partial charge in [0.05, 0.1) is 18.6 Å². The molecule has 1 aliphatic rings. The van der Waals surface area contributed by atoms with Gasteiger partial charge in [0.1, 0.15) is 11.2 Å². The van der Waals surface area contributed by atoms with Crippen molar-refractivity contribution >= 4 is 28.5 Å². The maximum atomic E-state index is 13.0. The maximum absolute atomic E-state index is 13.0. The van der Waals surface area contributed by atoms with Gasteiger partial charge in [-0.1, -0.05) is 23.7 Å². The highest BCUT2D eigenvalue weighted by molar-refractivity contribution is 6.30. The number of pyridine rings is 2. The number of H-pyrrole nitrogens is 1. The summed E-state index contributed by atoms with van der Waals surface area (Å²) in [6.07, 6.45) is 1.43. The van der Waals surface area contributed by atoms with Gasteiger partial charge in [0.2, 0.25) is 5.43 Å². The lowest BCUT2D eigenvalue weighted by Gasteiger charge is -2.27. The Kier molecular flexibility index (Phi) is 6.13. The molecular weight excluding hydrogens is 404 g/mol. The number of morpholine rings is 1. The van der Waals surface area contributed by atoms with Gasteiger partial charge in [0.25, 0.3) is 5.91 Å². The van der Waals surface area contributed by atoms with Crippen molar-refractivity contribution in [3.8, 4) is 0 Å². The summed E-state index contributed by atoms with van der Waals surface area (Å²) < 4.78 is 5.40. The molecule has 0 atom stereocenters. The lowest BCUT2D eigenvalue weighted by molar-refractivity contribution is 0.0341. The van der Waals surface area contributed by atoms with Crippen LogP contribution in [-0.2, 0) is 17.8 Å². The number of rotatable bonds is 5. The number of nitrogens with zero attached hydrogens (tertiary/aromatic N) is 2. The summed E-state index contributed by atoms with van der Waals surface area (Å²) in [7, 11) is 0. The third kappa shape index (κ3) is 4.53. The number of benzene rings is 1. The fourth-order valence-corrected chi connectivity index (χ4v) is 3.62. The van der Waals surface area contributed by atoms with Gasteiger partial charge < -0.3 is 15.0 Å². The normalized spacial score (nSPS) is 14.7. The van der Waals surface area contributed by atoms with Crippen molar-refractivity contribution in [3.05, 3.63) is 74.2 Å². The molecule has 7 nitrogen and oxygen atoms in total. The summed E-state index contributed by atoms with van der Waals surface area (Å²) in [5, 5.41) is 3.84. The van der Waals surface area contributed by atoms with Crippen LogP contribution in [0.5, 0.6) is 0 Å². The molecule has 156 valence electrons. The number of carbonyl (C=O) groups excluding carboxylic acids is 1. The Labute approximate surface area is 179 Å². The zero-order chi connectivity index (χ0) is 21.1. The third-order valence-corrected chi connectivity index (χ3v) is 5.52. The van der Waals surface area contributed by atoms with E-state index >= 15 is 0 Å². The molecule has 1 fully saturated rings. The molecule has 1 saturated heterocycles. The monoisotopic (exact) mass is 426 g/mol. The standard InChI is InChI=1S/C22H23ClN4O3/c1-14-16(13-27-6-8-30-9-7-27)10-18-20(28)19(12-24-21(18)26-14)22(29)25-11-15-2-4-17(23)5-3-15/h2-5,10,12H,6-9,11,13H2,1H3,(H,25,29)(H,24,26,28). The van der Waals surface area contributed by atoms with Crippen LogP contribution in [0.15, 0.2) is 41.3 Å². The molecule has 3 aromatic rings. The largest absolute Gasteiger partial charge is 0.379 e. The molecule has 0 radical (unpaired) electrons. The van der Waals surface area contributed by atoms with Crippen LogP contribution in [0, 0.1) is 6.92 Å². The molecule has 8 heteroatoms. The number of aromatic amines is 1. The zero-order valence-corrected chi connectivity index (χ0v) is 17.5. The highest BCUT2D eigenvalue weighted by atomic mass is 35.5. The second-order valence-corrected chi connectivity index (χ2v) is 7.79. The van der Waals surface area contributed by atoms with Gasteiger partial charge >= 0.3 is 0 Å². The fraction of sp³-hybridized carbons (Fsp3) is 0.318. The molecule has 0 aliphatic carbocycles. The van der Waals surface area contributed by atoms with E-state index in [1.165, 1.54) is 6.20 Å². The number of amides is 1. The smallest absolute Gasteiger partial charge is 0.257 e. The fourth-order valence-electron chi connectivity index (χ4n) is 3.49. The van der Waals surface area contributed by atoms with Crippen LogP contribution < -0.4 is 10.7 Å². The van der Waals surface area contributed by atoms with Gasteiger partial charge in [-0.15, -0.1) is 0 Å². The summed E-state index contributed by atoms with van der Waals surface area (Å²) in [5.74, 6) is -0.427. The average molecular weight is 427 g/mol. The summed E-state index contributed by atoms with van der Waals surface area (Å²) in [6, 6.07) is 9.03. The predicted octanol–water partition coefficient (Wildman–Crippen LogP) is 2.65. The Morgan fingerprint density at radius 1 is 1.27 bits per heavy atom. The molecular formula is C22H23ClN4O3. The van der Waals surface area contributed by atoms with E-state index in [2.05, 4.69) is 20.2 Å². The first kappa shape index (κ1) is 20.5. The number of hydrogen-bond acceptors (Lipinski definition) is 5. The van der Waals surface area contributed by atoms with E-state index in [1.807, 2.05) is 25.1 Å². The van der Waals surface area contributed by atoms with Crippen LogP contribution in [0.1, 0.15) is 27.2 Å². The number of aryl methyl sites for hydroxylation is 1. The second-order valence-electron chi connectivity index (χ2n) is 7.36. The van der Waals surface area contributed by atoms with Crippen LogP contribution in [0.4, 0.5) is 0 Å². The molecule has 1 aliphatic heterocycles. The molecule has 4 rings (SSSR count). The molecule has 0 saturated carbocycles. The van der Waals surface area contributed by atoms with Crippen LogP contribution in [-0.4, -0.2) is 47.1 Å². The molecule has 2 aromatic heterocycles. The number of nitrogens with one attached hydrogen (secondary N) is 2. The van der Waals surface area contributed by atoms with Crippen molar-refractivity contribution in [2.75, 3.05) is 26.3 Å². The van der Waals surface area contributed by atoms with Gasteiger partial charge in [-0.2, -0.15) is 0 Å². The predicted molar refractivity (Wildman–Crippen MR) is 116 cm³/mol. The minimum Gasteiger partial charge on any atom is -0.379 e. The Hall–Kier alpha value is -2.74. The molecule has 0 bridgehead atoms. The zero-order valence-electron chi connectivity index (χ0n) is 16.7. The maximum Gasteiger partial charge on any atom is 0.257 e. The first-order valence-corrected chi connectivity index (χ1v) is 10.2. The number of halogens is 1. The Balaban J connectivity index is 1.57. The number of hydrogen-bond donors (Lipinski definition) is 2. The van der Waals surface area contributed by atoms with E-state index in [9.17, 15) is 9.59 Å². The molecule has 1 amide bonds. The van der Waals surface area contributed by atoms with Crippen molar-refractivity contribution in [3.63, 3.8) is 0 Å². The Morgan fingerprint density at radius 2 is 2.00 bits per heavy atom. The van der Waals surface area contributed by atoms with Crippen molar-refractivity contribution in [1.82, 2.24) is 20.2 Å². The van der Waals surface area contributed by atoms with E-state index in [0.717, 1.165) is 29.9 Å². The number of carbonyl (C=O) groups is 1. The van der Waals surface area contributed by atoms with Gasteiger partial charge in [-0.3, -0.25) is 14.5 Å². The molecule has 2 N–H and O–H groups in total. The number of aromatic nitrogens is 2. The highest BCUT2D eigenvalue weighted by Crippen LogP contribution is 2.16. The van der Waals surface area contributed by atoms with Gasteiger partial charge in [-0.05, 0) is 36.2 Å². The summed E-state index contributed by atoms with van der Waals surface area (Å²) in [6.45, 7) is 6.05. The van der Waals surface area contributed by atoms with E-state index < -0.39 is 5.91 Å². The van der Waals surface area contributed by atoms with Gasteiger partial charge in [0.15, 0.2) is 0 Å². The minimum atomic E-state index is -0.427. The second kappa shape index (κ2) is 8.95. The summed E-state index contributed by atoms with van der Waals surface area (Å²) in [5.41, 5.74) is 2.97. The highest BCUT2D eigenvalue weighted by Gasteiger charge is 2.17. The average Bonchev–Trinajstić information content (AvgIpc) is 2.75. The van der Waals surface area contributed by atoms with E-state index in [0.29, 0.717) is 42.4 Å². The SMILES string of the molecule is Cc1nc2[nH]cc(C(=O)NCc3ccc(Cl)cc3)c(=O)c2cc1CN1CCOCC1. The lowest BCUT2D eigenvalue weighted by Crippen LogP contribution is -2.36. The van der Waals surface area contributed by atoms with Crippen LogP contribution in [0.25, 0.3) is 11.0 Å². The van der Waals surface area contributed by atoms with E-state index in [-0.39, 0.29) is 11.0 Å². The Bertz CT molecular complexity index is 1120. The molecule has 3 heterocycles. The van der Waals surface area contributed by atoms with Gasteiger partial charge in [-0.25, -0.2) is 4.98 Å². The minimum absolute atomic E-state index is 0.0689. The van der Waals surface area contributed by atoms with Crippen LogP contribution in [0.2, 0.25) is 5.02 Å². The molecule has 1 aromatic carbocycles. The van der Waals surface area contributed by atoms with Crippen LogP contribution >= 0.6 is 11.6 Å². The van der Waals surface area contributed by atoms with Crippen molar-refractivity contribution in [2.24, 2.45) is 0 Å². The summed E-state index contributed by atoms with van der Waals surface area (Å²) in [4.78, 5) is 35.4. The Morgan fingerprint density at radius 3 is 2.73 bits per heavy atom. The van der Waals surface area contributed by atoms with Crippen molar-refractivity contribution < 1.29 is 9.53 Å². The number of fused-ring (bicyclic) bond motifs is 1. The number of ether oxygens (including phenoxy) is 1. The van der Waals surface area contributed by atoms with E-state index in [1.54, 1.807) is 12.1 Å². The first-order chi connectivity index (χ1) is 14.5.